The Bertz CT molecular complexity index is 1510. The van der Waals surface area contributed by atoms with Gasteiger partial charge < -0.3 is 5.32 Å². The molecule has 0 bridgehead atoms. The van der Waals surface area contributed by atoms with Crippen LogP contribution in [0.5, 0.6) is 0 Å². The summed E-state index contributed by atoms with van der Waals surface area (Å²) in [7, 11) is -3.55. The van der Waals surface area contributed by atoms with Crippen molar-refractivity contribution in [2.75, 3.05) is 18.4 Å². The number of pyridine rings is 1. The van der Waals surface area contributed by atoms with Crippen LogP contribution < -0.4 is 5.32 Å². The van der Waals surface area contributed by atoms with E-state index in [0.29, 0.717) is 30.4 Å². The monoisotopic (exact) mass is 525 g/mol. The molecule has 2 aromatic heterocycles. The summed E-state index contributed by atoms with van der Waals surface area (Å²) in [5, 5.41) is 13.1. The van der Waals surface area contributed by atoms with Crippen LogP contribution in [0.15, 0.2) is 58.6 Å². The molecule has 10 heteroatoms. The number of benzene rings is 2. The molecule has 1 amide bonds. The van der Waals surface area contributed by atoms with E-state index in [4.69, 9.17) is 0 Å². The molecule has 0 aliphatic heterocycles. The largest absolute Gasteiger partial charge is 0.325 e. The predicted molar refractivity (Wildman–Crippen MR) is 145 cm³/mol. The van der Waals surface area contributed by atoms with Crippen LogP contribution >= 0.6 is 11.8 Å². The lowest BCUT2D eigenvalue weighted by atomic mass is 10.1. The summed E-state index contributed by atoms with van der Waals surface area (Å²) in [6, 6.07) is 14.5. The highest BCUT2D eigenvalue weighted by Crippen LogP contribution is 2.31. The summed E-state index contributed by atoms with van der Waals surface area (Å²) in [5.41, 5.74) is 4.57. The van der Waals surface area contributed by atoms with Crippen molar-refractivity contribution in [3.05, 3.63) is 59.7 Å². The molecule has 36 heavy (non-hydrogen) atoms. The highest BCUT2D eigenvalue weighted by Gasteiger charge is 2.24. The van der Waals surface area contributed by atoms with Crippen molar-refractivity contribution in [2.45, 2.75) is 56.3 Å². The summed E-state index contributed by atoms with van der Waals surface area (Å²) < 4.78 is 28.9. The van der Waals surface area contributed by atoms with Gasteiger partial charge in [0.1, 0.15) is 0 Å². The van der Waals surface area contributed by atoms with E-state index in [1.165, 1.54) is 28.2 Å². The van der Waals surface area contributed by atoms with Crippen LogP contribution in [0.3, 0.4) is 0 Å². The van der Waals surface area contributed by atoms with Crippen molar-refractivity contribution in [1.82, 2.24) is 18.9 Å². The lowest BCUT2D eigenvalue weighted by molar-refractivity contribution is -0.115. The second kappa shape index (κ2) is 10.6. The van der Waals surface area contributed by atoms with Gasteiger partial charge in [-0.05, 0) is 61.7 Å². The summed E-state index contributed by atoms with van der Waals surface area (Å²) in [4.78, 5) is 13.4. The molecule has 1 atom stereocenters. The molecule has 4 rings (SSSR count). The first-order valence-corrected chi connectivity index (χ1v) is 14.3. The first kappa shape index (κ1) is 26.1. The van der Waals surface area contributed by atoms with Crippen LogP contribution in [-0.2, 0) is 14.8 Å². The predicted octanol–water partition coefficient (Wildman–Crippen LogP) is 5.04. The van der Waals surface area contributed by atoms with E-state index in [1.54, 1.807) is 12.1 Å². The third-order valence-corrected chi connectivity index (χ3v) is 9.64. The third kappa shape index (κ3) is 4.85. The molecule has 190 valence electrons. The van der Waals surface area contributed by atoms with Gasteiger partial charge in [-0.15, -0.1) is 10.2 Å². The lowest BCUT2D eigenvalue weighted by Gasteiger charge is -2.19. The number of carbonyl (C=O) groups is 1. The zero-order valence-corrected chi connectivity index (χ0v) is 22.8. The van der Waals surface area contributed by atoms with Crippen molar-refractivity contribution in [3.63, 3.8) is 0 Å². The second-order valence-electron chi connectivity index (χ2n) is 8.59. The van der Waals surface area contributed by atoms with Gasteiger partial charge >= 0.3 is 0 Å². The molecule has 4 aromatic rings. The minimum absolute atomic E-state index is 0.174. The van der Waals surface area contributed by atoms with Gasteiger partial charge in [-0.25, -0.2) is 8.42 Å². The van der Waals surface area contributed by atoms with Crippen molar-refractivity contribution in [1.29, 1.82) is 0 Å². The Morgan fingerprint density at radius 2 is 1.72 bits per heavy atom. The fourth-order valence-corrected chi connectivity index (χ4v) is 6.73. The van der Waals surface area contributed by atoms with E-state index < -0.39 is 15.3 Å². The molecule has 0 fully saturated rings. The number of para-hydroxylation sites is 1. The smallest absolute Gasteiger partial charge is 0.243 e. The molecule has 2 heterocycles. The SMILES string of the molecule is CCC(Sc1nnc2cc(C)c3cccc(C)c3n12)C(=O)Nc1ccc(S(=O)(=O)N(CC)CC)cc1. The average molecular weight is 526 g/mol. The van der Waals surface area contributed by atoms with Gasteiger partial charge in [-0.3, -0.25) is 9.20 Å². The number of hydrogen-bond acceptors (Lipinski definition) is 6. The van der Waals surface area contributed by atoms with Crippen LogP contribution in [0.1, 0.15) is 38.3 Å². The van der Waals surface area contributed by atoms with Gasteiger partial charge in [0.25, 0.3) is 0 Å². The minimum atomic E-state index is -3.55. The Balaban J connectivity index is 1.57. The molecule has 8 nitrogen and oxygen atoms in total. The van der Waals surface area contributed by atoms with Gasteiger partial charge in [0, 0.05) is 24.2 Å². The van der Waals surface area contributed by atoms with Gasteiger partial charge in [0.15, 0.2) is 10.8 Å². The fraction of sp³-hybridized carbons (Fsp3) is 0.346. The highest BCUT2D eigenvalue weighted by molar-refractivity contribution is 8.00. The normalized spacial score (nSPS) is 12.9. The second-order valence-corrected chi connectivity index (χ2v) is 11.7. The number of amides is 1. The molecular formula is C26H31N5O3S2. The minimum Gasteiger partial charge on any atom is -0.325 e. The van der Waals surface area contributed by atoms with E-state index in [0.717, 1.165) is 27.7 Å². The number of fused-ring (bicyclic) bond motifs is 3. The van der Waals surface area contributed by atoms with Gasteiger partial charge in [0.05, 0.1) is 15.7 Å². The zero-order chi connectivity index (χ0) is 26.0. The van der Waals surface area contributed by atoms with Crippen LogP contribution in [-0.4, -0.2) is 51.6 Å². The summed E-state index contributed by atoms with van der Waals surface area (Å²) in [6.45, 7) is 10.5. The molecule has 0 radical (unpaired) electrons. The number of anilines is 1. The molecule has 0 saturated carbocycles. The van der Waals surface area contributed by atoms with E-state index in [1.807, 2.05) is 37.3 Å². The quantitative estimate of drug-likeness (QED) is 0.308. The molecule has 1 N–H and O–H groups in total. The summed E-state index contributed by atoms with van der Waals surface area (Å²) >= 11 is 1.37. The molecule has 1 unspecified atom stereocenters. The average Bonchev–Trinajstić information content (AvgIpc) is 3.25. The molecule has 0 saturated heterocycles. The molecule has 0 aliphatic rings. The first-order valence-electron chi connectivity index (χ1n) is 12.0. The third-order valence-electron chi connectivity index (χ3n) is 6.27. The Kier molecular flexibility index (Phi) is 7.67. The number of hydrogen-bond donors (Lipinski definition) is 1. The number of aromatic nitrogens is 3. The molecule has 0 spiro atoms. The Hall–Kier alpha value is -2.95. The van der Waals surface area contributed by atoms with Crippen molar-refractivity contribution >= 4 is 49.9 Å². The van der Waals surface area contributed by atoms with E-state index >= 15 is 0 Å². The number of thioether (sulfide) groups is 1. The number of nitrogens with one attached hydrogen (secondary N) is 1. The maximum atomic E-state index is 13.2. The van der Waals surface area contributed by atoms with Crippen LogP contribution in [0.25, 0.3) is 16.6 Å². The zero-order valence-electron chi connectivity index (χ0n) is 21.1. The van der Waals surface area contributed by atoms with Gasteiger partial charge in [-0.2, -0.15) is 4.31 Å². The van der Waals surface area contributed by atoms with E-state index in [9.17, 15) is 13.2 Å². The number of aryl methyl sites for hydroxylation is 2. The Morgan fingerprint density at radius 3 is 2.36 bits per heavy atom. The first-order chi connectivity index (χ1) is 17.2. The standard InChI is InChI=1S/C26H31N5O3S2/c1-6-22(25(32)27-19-12-14-20(15-13-19)36(33,34)30(7-2)8-3)35-26-29-28-23-16-18(5)21-11-9-10-17(4)24(21)31(23)26/h9-16,22H,6-8H2,1-5H3,(H,27,32). The van der Waals surface area contributed by atoms with Crippen LogP contribution in [0.4, 0.5) is 5.69 Å². The van der Waals surface area contributed by atoms with Crippen molar-refractivity contribution in [2.24, 2.45) is 0 Å². The molecular weight excluding hydrogens is 494 g/mol. The van der Waals surface area contributed by atoms with E-state index in [-0.39, 0.29) is 10.8 Å². The highest BCUT2D eigenvalue weighted by atomic mass is 32.2. The molecule has 0 aliphatic carbocycles. The van der Waals surface area contributed by atoms with Gasteiger partial charge in [0.2, 0.25) is 15.9 Å². The van der Waals surface area contributed by atoms with Crippen molar-refractivity contribution < 1.29 is 13.2 Å². The fourth-order valence-electron chi connectivity index (χ4n) is 4.30. The van der Waals surface area contributed by atoms with Crippen molar-refractivity contribution in [3.8, 4) is 0 Å². The topological polar surface area (TPSA) is 96.7 Å². The summed E-state index contributed by atoms with van der Waals surface area (Å²) in [5.74, 6) is -0.174. The van der Waals surface area contributed by atoms with Crippen LogP contribution in [0.2, 0.25) is 0 Å². The maximum Gasteiger partial charge on any atom is 0.243 e. The molecule has 2 aromatic carbocycles. The number of nitrogens with zero attached hydrogens (tertiary/aromatic N) is 4. The Morgan fingerprint density at radius 1 is 1.03 bits per heavy atom. The van der Waals surface area contributed by atoms with Crippen LogP contribution in [0, 0.1) is 13.8 Å². The lowest BCUT2D eigenvalue weighted by Crippen LogP contribution is -2.30. The van der Waals surface area contributed by atoms with E-state index in [2.05, 4.69) is 41.5 Å². The number of sulfonamides is 1. The Labute approximate surface area is 216 Å². The number of rotatable bonds is 9. The van der Waals surface area contributed by atoms with Gasteiger partial charge in [-0.1, -0.05) is 50.7 Å². The summed E-state index contributed by atoms with van der Waals surface area (Å²) in [6.07, 6.45) is 0.586. The maximum absolute atomic E-state index is 13.2. The number of carbonyl (C=O) groups excluding carboxylic acids is 1.